The third-order valence-electron chi connectivity index (χ3n) is 4.18. The number of hydrogen-bond donors (Lipinski definition) is 3. The van der Waals surface area contributed by atoms with Crippen molar-refractivity contribution < 1.29 is 18.0 Å². The van der Waals surface area contributed by atoms with Crippen LogP contribution >= 0.6 is 0 Å². The van der Waals surface area contributed by atoms with Crippen molar-refractivity contribution in [3.63, 3.8) is 0 Å². The minimum atomic E-state index is -3.86. The van der Waals surface area contributed by atoms with Gasteiger partial charge in [0.1, 0.15) is 0 Å². The van der Waals surface area contributed by atoms with Crippen molar-refractivity contribution in [2.24, 2.45) is 0 Å². The van der Waals surface area contributed by atoms with E-state index in [0.717, 1.165) is 11.1 Å². The predicted octanol–water partition coefficient (Wildman–Crippen LogP) is 1.72. The minimum Gasteiger partial charge on any atom is -0.326 e. The summed E-state index contributed by atoms with van der Waals surface area (Å²) in [5.74, 6) is -0.625. The maximum atomic E-state index is 12.4. The lowest BCUT2D eigenvalue weighted by molar-refractivity contribution is -0.115. The molecule has 8 heteroatoms. The molecule has 0 radical (unpaired) electrons. The SMILES string of the molecule is Cc1cccc(C)c1NC(=O)CNS(=O)(=O)c1ccc2c(c1)CC(=O)N2. The number of fused-ring (bicyclic) bond motifs is 1. The lowest BCUT2D eigenvalue weighted by Crippen LogP contribution is -2.33. The Balaban J connectivity index is 1.68. The van der Waals surface area contributed by atoms with Crippen molar-refractivity contribution in [2.75, 3.05) is 17.2 Å². The molecule has 0 aliphatic carbocycles. The number of para-hydroxylation sites is 1. The van der Waals surface area contributed by atoms with E-state index in [1.807, 2.05) is 32.0 Å². The molecule has 0 spiro atoms. The molecule has 3 N–H and O–H groups in total. The molecule has 0 aromatic heterocycles. The van der Waals surface area contributed by atoms with E-state index in [9.17, 15) is 18.0 Å². The lowest BCUT2D eigenvalue weighted by atomic mass is 10.1. The Kier molecular flexibility index (Phi) is 4.80. The number of rotatable bonds is 5. The fraction of sp³-hybridized carbons (Fsp3) is 0.222. The summed E-state index contributed by atoms with van der Waals surface area (Å²) in [6.45, 7) is 3.35. The zero-order valence-corrected chi connectivity index (χ0v) is 15.2. The van der Waals surface area contributed by atoms with Gasteiger partial charge in [0.15, 0.2) is 0 Å². The third-order valence-corrected chi connectivity index (χ3v) is 5.58. The molecule has 1 heterocycles. The molecule has 3 rings (SSSR count). The van der Waals surface area contributed by atoms with Gasteiger partial charge in [-0.3, -0.25) is 9.59 Å². The van der Waals surface area contributed by atoms with Crippen molar-refractivity contribution in [3.05, 3.63) is 53.1 Å². The van der Waals surface area contributed by atoms with E-state index < -0.39 is 15.9 Å². The highest BCUT2D eigenvalue weighted by Gasteiger charge is 2.22. The van der Waals surface area contributed by atoms with E-state index >= 15 is 0 Å². The van der Waals surface area contributed by atoms with Crippen LogP contribution in [0.15, 0.2) is 41.3 Å². The zero-order valence-electron chi connectivity index (χ0n) is 14.4. The average molecular weight is 373 g/mol. The molecule has 2 aromatic carbocycles. The summed E-state index contributed by atoms with van der Waals surface area (Å²) >= 11 is 0. The highest BCUT2D eigenvalue weighted by Crippen LogP contribution is 2.25. The second-order valence-electron chi connectivity index (χ2n) is 6.18. The first kappa shape index (κ1) is 18.1. The summed E-state index contributed by atoms with van der Waals surface area (Å²) in [6, 6.07) is 10.0. The van der Waals surface area contributed by atoms with Crippen LogP contribution in [-0.4, -0.2) is 26.8 Å². The first-order chi connectivity index (χ1) is 12.3. The number of aryl methyl sites for hydroxylation is 2. The molecule has 136 valence electrons. The molecule has 2 amide bonds. The highest BCUT2D eigenvalue weighted by molar-refractivity contribution is 7.89. The minimum absolute atomic E-state index is 0.0209. The Bertz CT molecular complexity index is 979. The van der Waals surface area contributed by atoms with Crippen LogP contribution in [0.3, 0.4) is 0 Å². The van der Waals surface area contributed by atoms with Gasteiger partial charge < -0.3 is 10.6 Å². The van der Waals surface area contributed by atoms with Crippen LogP contribution in [0, 0.1) is 13.8 Å². The third kappa shape index (κ3) is 3.76. The summed E-state index contributed by atoms with van der Waals surface area (Å²) in [7, 11) is -3.86. The molecule has 0 bridgehead atoms. The summed E-state index contributed by atoms with van der Waals surface area (Å²) < 4.78 is 27.1. The molecule has 0 fully saturated rings. The Morgan fingerprint density at radius 3 is 2.54 bits per heavy atom. The number of benzene rings is 2. The topological polar surface area (TPSA) is 104 Å². The van der Waals surface area contributed by atoms with Gasteiger partial charge in [0.2, 0.25) is 21.8 Å². The molecule has 1 aliphatic heterocycles. The average Bonchev–Trinajstić information content (AvgIpc) is 2.95. The molecule has 0 saturated heterocycles. The number of anilines is 2. The number of carbonyl (C=O) groups excluding carboxylic acids is 2. The maximum Gasteiger partial charge on any atom is 0.241 e. The Morgan fingerprint density at radius 1 is 1.15 bits per heavy atom. The van der Waals surface area contributed by atoms with E-state index in [4.69, 9.17) is 0 Å². The van der Waals surface area contributed by atoms with Crippen molar-refractivity contribution in [2.45, 2.75) is 25.2 Å². The number of sulfonamides is 1. The van der Waals surface area contributed by atoms with Gasteiger partial charge in [0, 0.05) is 11.4 Å². The van der Waals surface area contributed by atoms with Gasteiger partial charge in [-0.05, 0) is 48.7 Å². The number of amides is 2. The van der Waals surface area contributed by atoms with Crippen molar-refractivity contribution in [1.82, 2.24) is 4.72 Å². The summed E-state index contributed by atoms with van der Waals surface area (Å²) in [6.07, 6.45) is 0.145. The molecule has 0 atom stereocenters. The van der Waals surface area contributed by atoms with Gasteiger partial charge in [-0.15, -0.1) is 0 Å². The second-order valence-corrected chi connectivity index (χ2v) is 7.95. The number of carbonyl (C=O) groups is 2. The van der Waals surface area contributed by atoms with Crippen LogP contribution in [-0.2, 0) is 26.0 Å². The first-order valence-corrected chi connectivity index (χ1v) is 9.53. The highest BCUT2D eigenvalue weighted by atomic mass is 32.2. The molecule has 0 unspecified atom stereocenters. The van der Waals surface area contributed by atoms with Crippen LogP contribution in [0.1, 0.15) is 16.7 Å². The normalized spacial score (nSPS) is 13.2. The van der Waals surface area contributed by atoms with Crippen LogP contribution in [0.25, 0.3) is 0 Å². The number of nitrogens with one attached hydrogen (secondary N) is 3. The van der Waals surface area contributed by atoms with E-state index in [2.05, 4.69) is 15.4 Å². The van der Waals surface area contributed by atoms with E-state index in [1.165, 1.54) is 12.1 Å². The van der Waals surface area contributed by atoms with Gasteiger partial charge in [-0.1, -0.05) is 18.2 Å². The fourth-order valence-electron chi connectivity index (χ4n) is 2.81. The van der Waals surface area contributed by atoms with Crippen LogP contribution in [0.5, 0.6) is 0 Å². The summed E-state index contributed by atoms with van der Waals surface area (Å²) in [4.78, 5) is 23.5. The van der Waals surface area contributed by atoms with E-state index in [1.54, 1.807) is 6.07 Å². The van der Waals surface area contributed by atoms with Gasteiger partial charge in [0.05, 0.1) is 17.9 Å². The van der Waals surface area contributed by atoms with Crippen molar-refractivity contribution >= 4 is 33.2 Å². The molecule has 2 aromatic rings. The molecule has 1 aliphatic rings. The van der Waals surface area contributed by atoms with Gasteiger partial charge in [0.25, 0.3) is 0 Å². The summed E-state index contributed by atoms with van der Waals surface area (Å²) in [5.41, 5.74) is 3.72. The van der Waals surface area contributed by atoms with Crippen molar-refractivity contribution in [1.29, 1.82) is 0 Å². The molecular formula is C18H19N3O4S. The summed E-state index contributed by atoms with van der Waals surface area (Å²) in [5, 5.41) is 5.38. The molecular weight excluding hydrogens is 354 g/mol. The van der Waals surface area contributed by atoms with Crippen LogP contribution in [0.4, 0.5) is 11.4 Å². The van der Waals surface area contributed by atoms with E-state index in [-0.39, 0.29) is 23.8 Å². The molecule has 0 saturated carbocycles. The maximum absolute atomic E-state index is 12.4. The molecule has 26 heavy (non-hydrogen) atoms. The first-order valence-electron chi connectivity index (χ1n) is 8.05. The zero-order chi connectivity index (χ0) is 18.9. The van der Waals surface area contributed by atoms with Crippen LogP contribution < -0.4 is 15.4 Å². The lowest BCUT2D eigenvalue weighted by Gasteiger charge is -2.12. The fourth-order valence-corrected chi connectivity index (χ4v) is 3.84. The Morgan fingerprint density at radius 2 is 1.85 bits per heavy atom. The van der Waals surface area contributed by atoms with E-state index in [0.29, 0.717) is 16.9 Å². The standard InChI is InChI=1S/C18H19N3O4S/c1-11-4-3-5-12(2)18(11)21-17(23)10-19-26(24,25)14-6-7-15-13(8-14)9-16(22)20-15/h3-8,19H,9-10H2,1-2H3,(H,20,22)(H,21,23). The van der Waals surface area contributed by atoms with Crippen LogP contribution in [0.2, 0.25) is 0 Å². The van der Waals surface area contributed by atoms with Crippen molar-refractivity contribution in [3.8, 4) is 0 Å². The van der Waals surface area contributed by atoms with Gasteiger partial charge in [-0.25, -0.2) is 13.1 Å². The second kappa shape index (κ2) is 6.89. The Labute approximate surface area is 151 Å². The largest absolute Gasteiger partial charge is 0.326 e. The van der Waals surface area contributed by atoms with Gasteiger partial charge >= 0.3 is 0 Å². The Hall–Kier alpha value is -2.71. The predicted molar refractivity (Wildman–Crippen MR) is 98.5 cm³/mol. The number of hydrogen-bond acceptors (Lipinski definition) is 4. The smallest absolute Gasteiger partial charge is 0.241 e. The quantitative estimate of drug-likeness (QED) is 0.742. The molecule has 7 nitrogen and oxygen atoms in total. The monoisotopic (exact) mass is 373 g/mol. The van der Waals surface area contributed by atoms with Gasteiger partial charge in [-0.2, -0.15) is 0 Å².